The number of hydrogen-bond acceptors (Lipinski definition) is 4. The van der Waals surface area contributed by atoms with Crippen LogP contribution in [0, 0.1) is 27.7 Å². The quantitative estimate of drug-likeness (QED) is 0.758. The third-order valence-electron chi connectivity index (χ3n) is 4.02. The van der Waals surface area contributed by atoms with Gasteiger partial charge in [-0.3, -0.25) is 10.1 Å². The van der Waals surface area contributed by atoms with E-state index in [1.165, 1.54) is 22.5 Å². The van der Waals surface area contributed by atoms with Crippen LogP contribution in [0.1, 0.15) is 22.3 Å². The van der Waals surface area contributed by atoms with E-state index in [1.54, 1.807) is 0 Å². The Labute approximate surface area is 145 Å². The zero-order valence-corrected chi connectivity index (χ0v) is 15.1. The molecule has 5 heteroatoms. The first kappa shape index (κ1) is 16.5. The highest BCUT2D eigenvalue weighted by Gasteiger charge is 2.11. The molecule has 1 heterocycles. The van der Waals surface area contributed by atoms with Gasteiger partial charge in [-0.1, -0.05) is 35.1 Å². The van der Waals surface area contributed by atoms with Gasteiger partial charge in [0.2, 0.25) is 0 Å². The molecule has 0 aliphatic rings. The molecule has 0 radical (unpaired) electrons. The lowest BCUT2D eigenvalue weighted by Crippen LogP contribution is -2.20. The van der Waals surface area contributed by atoms with Crippen LogP contribution in [0.25, 0.3) is 10.2 Å². The first-order chi connectivity index (χ1) is 11.4. The topological polar surface area (TPSA) is 51.2 Å². The number of nitrogens with one attached hydrogen (secondary N) is 1. The van der Waals surface area contributed by atoms with Gasteiger partial charge in [-0.05, 0) is 56.5 Å². The Kier molecular flexibility index (Phi) is 4.53. The number of carbonyl (C=O) groups is 1. The molecule has 1 amide bonds. The summed E-state index contributed by atoms with van der Waals surface area (Å²) in [5.41, 5.74) is 5.49. The van der Waals surface area contributed by atoms with E-state index >= 15 is 0 Å². The van der Waals surface area contributed by atoms with Crippen LogP contribution < -0.4 is 10.1 Å². The number of benzene rings is 2. The Morgan fingerprint density at radius 3 is 2.67 bits per heavy atom. The molecular formula is C19H20N2O2S. The highest BCUT2D eigenvalue weighted by molar-refractivity contribution is 7.22. The highest BCUT2D eigenvalue weighted by Crippen LogP contribution is 2.29. The molecule has 0 unspecified atom stereocenters. The average molecular weight is 340 g/mol. The smallest absolute Gasteiger partial charge is 0.264 e. The molecule has 24 heavy (non-hydrogen) atoms. The van der Waals surface area contributed by atoms with Gasteiger partial charge in [-0.25, -0.2) is 4.98 Å². The number of rotatable bonds is 4. The van der Waals surface area contributed by atoms with Crippen molar-refractivity contribution in [3.8, 4) is 5.75 Å². The third-order valence-corrected chi connectivity index (χ3v) is 4.96. The van der Waals surface area contributed by atoms with Crippen molar-refractivity contribution in [3.05, 3.63) is 52.6 Å². The van der Waals surface area contributed by atoms with Crippen LogP contribution in [0.4, 0.5) is 5.13 Å². The summed E-state index contributed by atoms with van der Waals surface area (Å²) in [5.74, 6) is 0.523. The summed E-state index contributed by atoms with van der Waals surface area (Å²) in [6.45, 7) is 8.08. The lowest BCUT2D eigenvalue weighted by atomic mass is 10.1. The van der Waals surface area contributed by atoms with Gasteiger partial charge >= 0.3 is 0 Å². The van der Waals surface area contributed by atoms with Crippen LogP contribution in [0.5, 0.6) is 5.75 Å². The van der Waals surface area contributed by atoms with Crippen LogP contribution in [0.15, 0.2) is 30.3 Å². The summed E-state index contributed by atoms with van der Waals surface area (Å²) >= 11 is 1.48. The van der Waals surface area contributed by atoms with Gasteiger partial charge in [0.05, 0.1) is 10.2 Å². The van der Waals surface area contributed by atoms with Gasteiger partial charge in [0.1, 0.15) is 5.75 Å². The fraction of sp³-hybridized carbons (Fsp3) is 0.263. The molecule has 0 saturated heterocycles. The number of ether oxygens (including phenoxy) is 1. The number of nitrogens with zero attached hydrogens (tertiary/aromatic N) is 1. The van der Waals surface area contributed by atoms with E-state index in [9.17, 15) is 4.79 Å². The molecule has 0 bridgehead atoms. The van der Waals surface area contributed by atoms with Gasteiger partial charge in [0.25, 0.3) is 5.91 Å². The standard InChI is InChI=1S/C19H20N2O2S/c1-11-5-7-15(13(3)9-11)23-10-17(22)20-19-21-18-14(4)12(2)6-8-16(18)24-19/h5-9H,10H2,1-4H3,(H,20,21,22). The maximum Gasteiger partial charge on any atom is 0.264 e. The molecule has 3 rings (SSSR count). The van der Waals surface area contributed by atoms with Crippen LogP contribution in [0.3, 0.4) is 0 Å². The van der Waals surface area contributed by atoms with Gasteiger partial charge in [0, 0.05) is 0 Å². The zero-order valence-electron chi connectivity index (χ0n) is 14.3. The Morgan fingerprint density at radius 1 is 1.12 bits per heavy atom. The third kappa shape index (κ3) is 3.41. The molecule has 4 nitrogen and oxygen atoms in total. The number of hydrogen-bond donors (Lipinski definition) is 1. The summed E-state index contributed by atoms with van der Waals surface area (Å²) in [7, 11) is 0. The monoisotopic (exact) mass is 340 g/mol. The minimum atomic E-state index is -0.205. The fourth-order valence-corrected chi connectivity index (χ4v) is 3.48. The van der Waals surface area contributed by atoms with Crippen LogP contribution in [0.2, 0.25) is 0 Å². The van der Waals surface area contributed by atoms with Crippen LogP contribution in [-0.2, 0) is 4.79 Å². The fourth-order valence-electron chi connectivity index (χ4n) is 2.54. The van der Waals surface area contributed by atoms with E-state index in [0.29, 0.717) is 5.13 Å². The molecule has 2 aromatic carbocycles. The summed E-state index contributed by atoms with van der Waals surface area (Å²) in [6, 6.07) is 10.0. The molecule has 3 aromatic rings. The second-order valence-electron chi connectivity index (χ2n) is 5.98. The Bertz CT molecular complexity index is 915. The van der Waals surface area contributed by atoms with E-state index in [4.69, 9.17) is 4.74 Å². The largest absolute Gasteiger partial charge is 0.483 e. The second-order valence-corrected chi connectivity index (χ2v) is 7.01. The van der Waals surface area contributed by atoms with E-state index in [1.807, 2.05) is 45.0 Å². The summed E-state index contributed by atoms with van der Waals surface area (Å²) < 4.78 is 6.68. The van der Waals surface area contributed by atoms with Gasteiger partial charge in [0.15, 0.2) is 11.7 Å². The van der Waals surface area contributed by atoms with Crippen molar-refractivity contribution in [2.24, 2.45) is 0 Å². The number of aryl methyl sites for hydroxylation is 4. The van der Waals surface area contributed by atoms with Crippen molar-refractivity contribution in [1.82, 2.24) is 4.98 Å². The van der Waals surface area contributed by atoms with E-state index in [-0.39, 0.29) is 12.5 Å². The number of carbonyl (C=O) groups excluding carboxylic acids is 1. The summed E-state index contributed by atoms with van der Waals surface area (Å²) in [6.07, 6.45) is 0. The van der Waals surface area contributed by atoms with Gasteiger partial charge in [-0.2, -0.15) is 0 Å². The summed E-state index contributed by atoms with van der Waals surface area (Å²) in [5, 5.41) is 3.43. The molecule has 0 atom stereocenters. The molecule has 0 fully saturated rings. The number of amides is 1. The van der Waals surface area contributed by atoms with Crippen molar-refractivity contribution in [2.45, 2.75) is 27.7 Å². The van der Waals surface area contributed by atoms with Crippen molar-refractivity contribution in [3.63, 3.8) is 0 Å². The average Bonchev–Trinajstić information content (AvgIpc) is 2.93. The summed E-state index contributed by atoms with van der Waals surface area (Å²) in [4.78, 5) is 16.7. The number of fused-ring (bicyclic) bond motifs is 1. The molecule has 124 valence electrons. The van der Waals surface area contributed by atoms with Crippen molar-refractivity contribution in [2.75, 3.05) is 11.9 Å². The number of thiazole rings is 1. The lowest BCUT2D eigenvalue weighted by molar-refractivity contribution is -0.118. The van der Waals surface area contributed by atoms with Gasteiger partial charge in [-0.15, -0.1) is 0 Å². The van der Waals surface area contributed by atoms with E-state index in [2.05, 4.69) is 23.3 Å². The Morgan fingerprint density at radius 2 is 1.92 bits per heavy atom. The number of anilines is 1. The van der Waals surface area contributed by atoms with Gasteiger partial charge < -0.3 is 4.74 Å². The minimum absolute atomic E-state index is 0.0299. The molecule has 0 spiro atoms. The normalized spacial score (nSPS) is 10.8. The number of aromatic nitrogens is 1. The molecule has 1 aromatic heterocycles. The highest BCUT2D eigenvalue weighted by atomic mass is 32.1. The predicted octanol–water partition coefficient (Wildman–Crippen LogP) is 4.55. The van der Waals surface area contributed by atoms with Crippen molar-refractivity contribution in [1.29, 1.82) is 0 Å². The zero-order chi connectivity index (χ0) is 17.3. The Balaban J connectivity index is 1.67. The second kappa shape index (κ2) is 6.61. The maximum atomic E-state index is 12.1. The molecule has 1 N–H and O–H groups in total. The van der Waals surface area contributed by atoms with E-state index < -0.39 is 0 Å². The predicted molar refractivity (Wildman–Crippen MR) is 99.1 cm³/mol. The minimum Gasteiger partial charge on any atom is -0.483 e. The van der Waals surface area contributed by atoms with Crippen molar-refractivity contribution >= 4 is 32.6 Å². The van der Waals surface area contributed by atoms with E-state index in [0.717, 1.165) is 27.1 Å². The first-order valence-electron chi connectivity index (χ1n) is 7.80. The Hall–Kier alpha value is -2.40. The van der Waals surface area contributed by atoms with Crippen LogP contribution >= 0.6 is 11.3 Å². The molecular weight excluding hydrogens is 320 g/mol. The molecule has 0 aliphatic carbocycles. The van der Waals surface area contributed by atoms with Crippen molar-refractivity contribution < 1.29 is 9.53 Å². The molecule has 0 aliphatic heterocycles. The van der Waals surface area contributed by atoms with Crippen LogP contribution in [-0.4, -0.2) is 17.5 Å². The maximum absolute atomic E-state index is 12.1. The SMILES string of the molecule is Cc1ccc(OCC(=O)Nc2nc3c(C)c(C)ccc3s2)c(C)c1. The first-order valence-corrected chi connectivity index (χ1v) is 8.62. The molecule has 0 saturated carbocycles. The lowest BCUT2D eigenvalue weighted by Gasteiger charge is -2.09.